The van der Waals surface area contributed by atoms with E-state index in [9.17, 15) is 14.0 Å². The minimum absolute atomic E-state index is 0.00914. The van der Waals surface area contributed by atoms with E-state index >= 15 is 0 Å². The van der Waals surface area contributed by atoms with Gasteiger partial charge in [0.2, 0.25) is 5.91 Å². The molecule has 1 heterocycles. The fourth-order valence-electron chi connectivity index (χ4n) is 3.48. The summed E-state index contributed by atoms with van der Waals surface area (Å²) in [6.45, 7) is 5.02. The molecule has 3 rings (SSSR count). The zero-order valence-electron chi connectivity index (χ0n) is 17.5. The van der Waals surface area contributed by atoms with E-state index in [0.29, 0.717) is 30.2 Å². The van der Waals surface area contributed by atoms with Crippen LogP contribution in [-0.2, 0) is 11.3 Å². The molecule has 0 aromatic heterocycles. The highest BCUT2D eigenvalue weighted by Crippen LogP contribution is 2.30. The maximum absolute atomic E-state index is 13.4. The minimum atomic E-state index is -0.331. The first-order chi connectivity index (χ1) is 14.4. The molecule has 1 fully saturated rings. The lowest BCUT2D eigenvalue weighted by molar-refractivity contribution is -0.130. The Bertz CT molecular complexity index is 923. The maximum atomic E-state index is 13.4. The summed E-state index contributed by atoms with van der Waals surface area (Å²) in [6.07, 6.45) is 1.49. The van der Waals surface area contributed by atoms with E-state index in [1.807, 2.05) is 11.8 Å². The molecule has 0 radical (unpaired) electrons. The number of nitrogens with one attached hydrogen (secondary N) is 1. The smallest absolute Gasteiger partial charge is 0.251 e. The van der Waals surface area contributed by atoms with Gasteiger partial charge in [-0.15, -0.1) is 0 Å². The number of rotatable bonds is 6. The van der Waals surface area contributed by atoms with Gasteiger partial charge in [0.15, 0.2) is 11.5 Å². The number of ether oxygens (including phenoxy) is 2. The Morgan fingerprint density at radius 1 is 1.13 bits per heavy atom. The number of aryl methyl sites for hydroxylation is 1. The molecule has 1 aliphatic heterocycles. The van der Waals surface area contributed by atoms with Crippen molar-refractivity contribution < 1.29 is 23.5 Å². The first-order valence-corrected chi connectivity index (χ1v) is 10.0. The molecule has 2 aromatic carbocycles. The van der Waals surface area contributed by atoms with Gasteiger partial charge in [0.05, 0.1) is 7.11 Å². The quantitative estimate of drug-likeness (QED) is 0.786. The standard InChI is InChI=1S/C23H27FN2O4/c1-15-4-6-19(24)12-18(15)14-25-23(28)17-5-7-21(22(13-17)29-3)30-20-8-10-26(11-9-20)16(2)27/h4-7,12-13,20H,8-11,14H2,1-3H3,(H,25,28). The van der Waals surface area contributed by atoms with Gasteiger partial charge in [-0.1, -0.05) is 6.07 Å². The fourth-order valence-corrected chi connectivity index (χ4v) is 3.48. The molecule has 0 aliphatic carbocycles. The molecule has 1 N–H and O–H groups in total. The normalized spacial score (nSPS) is 14.3. The Kier molecular flexibility index (Phi) is 6.92. The molecular weight excluding hydrogens is 387 g/mol. The third-order valence-corrected chi connectivity index (χ3v) is 5.36. The van der Waals surface area contributed by atoms with Crippen LogP contribution in [0.2, 0.25) is 0 Å². The molecule has 6 nitrogen and oxygen atoms in total. The molecule has 0 spiro atoms. The van der Waals surface area contributed by atoms with Crippen LogP contribution in [0.4, 0.5) is 4.39 Å². The Morgan fingerprint density at radius 3 is 2.53 bits per heavy atom. The number of carbonyl (C=O) groups is 2. The zero-order chi connectivity index (χ0) is 21.7. The molecule has 7 heteroatoms. The molecule has 0 saturated carbocycles. The minimum Gasteiger partial charge on any atom is -0.493 e. The molecule has 1 aliphatic rings. The van der Waals surface area contributed by atoms with E-state index in [1.165, 1.54) is 19.2 Å². The number of hydrogen-bond acceptors (Lipinski definition) is 4. The number of benzene rings is 2. The van der Waals surface area contributed by atoms with Crippen LogP contribution in [0.5, 0.6) is 11.5 Å². The van der Waals surface area contributed by atoms with Gasteiger partial charge < -0.3 is 19.7 Å². The van der Waals surface area contributed by atoms with Crippen LogP contribution < -0.4 is 14.8 Å². The lowest BCUT2D eigenvalue weighted by Crippen LogP contribution is -2.40. The van der Waals surface area contributed by atoms with Crippen molar-refractivity contribution in [2.24, 2.45) is 0 Å². The van der Waals surface area contributed by atoms with E-state index in [4.69, 9.17) is 9.47 Å². The number of hydrogen-bond donors (Lipinski definition) is 1. The molecule has 0 atom stereocenters. The zero-order valence-corrected chi connectivity index (χ0v) is 17.5. The van der Waals surface area contributed by atoms with Crippen molar-refractivity contribution in [1.82, 2.24) is 10.2 Å². The first-order valence-electron chi connectivity index (χ1n) is 10.0. The summed E-state index contributed by atoms with van der Waals surface area (Å²) < 4.78 is 24.9. The van der Waals surface area contributed by atoms with Gasteiger partial charge in [0.1, 0.15) is 11.9 Å². The topological polar surface area (TPSA) is 67.9 Å². The van der Waals surface area contributed by atoms with Crippen molar-refractivity contribution in [3.8, 4) is 11.5 Å². The third kappa shape index (κ3) is 5.28. The highest BCUT2D eigenvalue weighted by atomic mass is 19.1. The molecule has 0 bridgehead atoms. The van der Waals surface area contributed by atoms with E-state index in [1.54, 1.807) is 31.2 Å². The summed E-state index contributed by atoms with van der Waals surface area (Å²) in [6, 6.07) is 9.54. The van der Waals surface area contributed by atoms with Crippen LogP contribution in [0, 0.1) is 12.7 Å². The van der Waals surface area contributed by atoms with Crippen molar-refractivity contribution in [1.29, 1.82) is 0 Å². The Hall–Kier alpha value is -3.09. The lowest BCUT2D eigenvalue weighted by Gasteiger charge is -2.31. The van der Waals surface area contributed by atoms with Gasteiger partial charge in [-0.3, -0.25) is 9.59 Å². The Balaban J connectivity index is 1.62. The highest BCUT2D eigenvalue weighted by molar-refractivity contribution is 5.94. The van der Waals surface area contributed by atoms with Gasteiger partial charge in [-0.2, -0.15) is 0 Å². The number of nitrogens with zero attached hydrogens (tertiary/aromatic N) is 1. The molecule has 160 valence electrons. The summed E-state index contributed by atoms with van der Waals surface area (Å²) in [5.74, 6) is 0.505. The Labute approximate surface area is 176 Å². The monoisotopic (exact) mass is 414 g/mol. The number of likely N-dealkylation sites (tertiary alicyclic amines) is 1. The number of carbonyl (C=O) groups excluding carboxylic acids is 2. The van der Waals surface area contributed by atoms with Crippen molar-refractivity contribution in [2.75, 3.05) is 20.2 Å². The van der Waals surface area contributed by atoms with Gasteiger partial charge in [-0.25, -0.2) is 4.39 Å². The average molecular weight is 414 g/mol. The summed E-state index contributed by atoms with van der Waals surface area (Å²) in [5, 5.41) is 2.81. The number of piperidine rings is 1. The van der Waals surface area contributed by atoms with Crippen molar-refractivity contribution in [3.63, 3.8) is 0 Å². The van der Waals surface area contributed by atoms with Crippen LogP contribution >= 0.6 is 0 Å². The SMILES string of the molecule is COc1cc(C(=O)NCc2cc(F)ccc2C)ccc1OC1CCN(C(C)=O)CC1. The van der Waals surface area contributed by atoms with Crippen LogP contribution in [0.15, 0.2) is 36.4 Å². The summed E-state index contributed by atoms with van der Waals surface area (Å²) in [4.78, 5) is 25.8. The van der Waals surface area contributed by atoms with E-state index in [0.717, 1.165) is 24.0 Å². The van der Waals surface area contributed by atoms with Crippen molar-refractivity contribution in [3.05, 3.63) is 58.9 Å². The number of amides is 2. The summed E-state index contributed by atoms with van der Waals surface area (Å²) >= 11 is 0. The molecule has 30 heavy (non-hydrogen) atoms. The van der Waals surface area contributed by atoms with Crippen LogP contribution in [0.3, 0.4) is 0 Å². The predicted octanol–water partition coefficient (Wildman–Crippen LogP) is 3.46. The molecular formula is C23H27FN2O4. The molecule has 1 saturated heterocycles. The van der Waals surface area contributed by atoms with E-state index < -0.39 is 0 Å². The average Bonchev–Trinajstić information content (AvgIpc) is 2.74. The second-order valence-electron chi connectivity index (χ2n) is 7.44. The first kappa shape index (κ1) is 21.6. The number of methoxy groups -OCH3 is 1. The summed E-state index contributed by atoms with van der Waals surface area (Å²) in [7, 11) is 1.53. The largest absolute Gasteiger partial charge is 0.493 e. The predicted molar refractivity (Wildman–Crippen MR) is 111 cm³/mol. The Morgan fingerprint density at radius 2 is 1.87 bits per heavy atom. The van der Waals surface area contributed by atoms with E-state index in [2.05, 4.69) is 5.32 Å². The lowest BCUT2D eigenvalue weighted by atomic mass is 10.1. The molecule has 2 amide bonds. The molecule has 0 unspecified atom stereocenters. The van der Waals surface area contributed by atoms with Gasteiger partial charge in [-0.05, 0) is 48.4 Å². The van der Waals surface area contributed by atoms with Gasteiger partial charge in [0.25, 0.3) is 5.91 Å². The van der Waals surface area contributed by atoms with Gasteiger partial charge >= 0.3 is 0 Å². The third-order valence-electron chi connectivity index (χ3n) is 5.36. The van der Waals surface area contributed by atoms with Crippen molar-refractivity contribution >= 4 is 11.8 Å². The fraction of sp³-hybridized carbons (Fsp3) is 0.391. The van der Waals surface area contributed by atoms with Crippen LogP contribution in [0.1, 0.15) is 41.3 Å². The highest BCUT2D eigenvalue weighted by Gasteiger charge is 2.23. The van der Waals surface area contributed by atoms with E-state index in [-0.39, 0.29) is 30.3 Å². The summed E-state index contributed by atoms with van der Waals surface area (Å²) in [5.41, 5.74) is 2.07. The molecule has 2 aromatic rings. The second kappa shape index (κ2) is 9.61. The van der Waals surface area contributed by atoms with Crippen LogP contribution in [-0.4, -0.2) is 43.0 Å². The maximum Gasteiger partial charge on any atom is 0.251 e. The second-order valence-corrected chi connectivity index (χ2v) is 7.44. The van der Waals surface area contributed by atoms with Crippen molar-refractivity contribution in [2.45, 2.75) is 39.3 Å². The number of halogens is 1. The van der Waals surface area contributed by atoms with Crippen LogP contribution in [0.25, 0.3) is 0 Å². The van der Waals surface area contributed by atoms with Gasteiger partial charge in [0, 0.05) is 45.0 Å².